The number of methoxy groups -OCH3 is 1. The highest BCUT2D eigenvalue weighted by atomic mass is 35.5. The van der Waals surface area contributed by atoms with Gasteiger partial charge < -0.3 is 9.72 Å². The number of ether oxygens (including phenoxy) is 1. The molecule has 1 N–H and O–H groups in total. The van der Waals surface area contributed by atoms with Crippen molar-refractivity contribution in [3.63, 3.8) is 0 Å². The highest BCUT2D eigenvalue weighted by molar-refractivity contribution is 8.00. The summed E-state index contributed by atoms with van der Waals surface area (Å²) in [6.07, 6.45) is 0. The predicted molar refractivity (Wildman–Crippen MR) is 117 cm³/mol. The Morgan fingerprint density at radius 3 is 2.37 bits per heavy atom. The number of hydrogen-bond acceptors (Lipinski definition) is 6. The molecule has 2 amide bonds. The highest BCUT2D eigenvalue weighted by Crippen LogP contribution is 2.53. The van der Waals surface area contributed by atoms with E-state index in [0.29, 0.717) is 21.5 Å². The lowest BCUT2D eigenvalue weighted by Gasteiger charge is -2.29. The molecule has 3 atom stereocenters. The first-order chi connectivity index (χ1) is 14.5. The number of aromatic nitrogens is 1. The molecule has 2 aromatic carbocycles. The van der Waals surface area contributed by atoms with Gasteiger partial charge in [0.05, 0.1) is 23.7 Å². The molecule has 0 spiro atoms. The van der Waals surface area contributed by atoms with Crippen molar-refractivity contribution in [2.45, 2.75) is 16.2 Å². The van der Waals surface area contributed by atoms with E-state index in [1.54, 1.807) is 31.4 Å². The van der Waals surface area contributed by atoms with E-state index in [-0.39, 0.29) is 16.7 Å². The lowest BCUT2D eigenvalue weighted by Crippen LogP contribution is -2.32. The molecule has 1 aromatic heterocycles. The fourth-order valence-corrected chi connectivity index (χ4v) is 6.67. The van der Waals surface area contributed by atoms with Crippen LogP contribution in [0.5, 0.6) is 5.75 Å². The molecule has 2 aliphatic heterocycles. The molecule has 2 aliphatic rings. The maximum atomic E-state index is 13.5. The van der Waals surface area contributed by atoms with E-state index in [0.717, 1.165) is 21.8 Å². The molecule has 30 heavy (non-hydrogen) atoms. The molecular weight excluding hydrogens is 444 g/mol. The lowest BCUT2D eigenvalue weighted by molar-refractivity contribution is -0.122. The number of thioether (sulfide) groups is 1. The van der Waals surface area contributed by atoms with Gasteiger partial charge in [0.25, 0.3) is 0 Å². The average molecular weight is 459 g/mol. The van der Waals surface area contributed by atoms with Crippen LogP contribution in [-0.2, 0) is 9.59 Å². The standard InChI is InChI=1S/C21H15ClN2O4S2/c1-28-13-8-2-10(3-9-13)14-15-17(29-18-16(14)30-21(27)23-18)20(26)24(19(15)25)12-6-4-11(22)5-7-12/h2-9,14-15,17H,1H3,(H,23,27)/t14-,15-,17-/m1/s1. The van der Waals surface area contributed by atoms with Crippen LogP contribution in [0.2, 0.25) is 5.02 Å². The second-order valence-electron chi connectivity index (χ2n) is 7.01. The summed E-state index contributed by atoms with van der Waals surface area (Å²) in [7, 11) is 1.58. The zero-order valence-corrected chi connectivity index (χ0v) is 18.0. The molecule has 5 rings (SSSR count). The first kappa shape index (κ1) is 19.4. The Morgan fingerprint density at radius 1 is 1.00 bits per heavy atom. The van der Waals surface area contributed by atoms with Crippen LogP contribution in [0.1, 0.15) is 16.4 Å². The number of thiazole rings is 1. The summed E-state index contributed by atoms with van der Waals surface area (Å²) < 4.78 is 5.24. The van der Waals surface area contributed by atoms with Crippen molar-refractivity contribution >= 4 is 52.2 Å². The smallest absolute Gasteiger partial charge is 0.305 e. The Kier molecular flexibility index (Phi) is 4.72. The number of rotatable bonds is 3. The number of H-pyrrole nitrogens is 1. The third kappa shape index (κ3) is 2.98. The number of amides is 2. The zero-order valence-electron chi connectivity index (χ0n) is 15.6. The molecule has 1 fully saturated rings. The molecule has 0 saturated carbocycles. The van der Waals surface area contributed by atoms with Crippen molar-refractivity contribution in [3.8, 4) is 5.75 Å². The van der Waals surface area contributed by atoms with E-state index >= 15 is 0 Å². The number of carbonyl (C=O) groups excluding carboxylic acids is 2. The van der Waals surface area contributed by atoms with E-state index in [9.17, 15) is 14.4 Å². The number of hydrogen-bond donors (Lipinski definition) is 1. The summed E-state index contributed by atoms with van der Waals surface area (Å²) in [5, 5.41) is 0.574. The van der Waals surface area contributed by atoms with Crippen LogP contribution < -0.4 is 14.5 Å². The van der Waals surface area contributed by atoms with Crippen molar-refractivity contribution in [2.75, 3.05) is 12.0 Å². The van der Waals surface area contributed by atoms with Crippen LogP contribution >= 0.6 is 34.7 Å². The minimum atomic E-state index is -0.613. The van der Waals surface area contributed by atoms with Crippen LogP contribution in [0, 0.1) is 5.92 Å². The number of anilines is 1. The van der Waals surface area contributed by atoms with Gasteiger partial charge in [-0.1, -0.05) is 46.8 Å². The molecule has 1 saturated heterocycles. The second-order valence-corrected chi connectivity index (χ2v) is 9.61. The molecule has 0 bridgehead atoms. The summed E-state index contributed by atoms with van der Waals surface area (Å²) in [4.78, 5) is 43.5. The van der Waals surface area contributed by atoms with Gasteiger partial charge in [-0.25, -0.2) is 4.90 Å². The van der Waals surface area contributed by atoms with E-state index in [4.69, 9.17) is 16.3 Å². The van der Waals surface area contributed by atoms with Gasteiger partial charge in [0, 0.05) is 15.8 Å². The van der Waals surface area contributed by atoms with Crippen molar-refractivity contribution in [1.29, 1.82) is 0 Å². The first-order valence-electron chi connectivity index (χ1n) is 9.15. The fourth-order valence-electron chi connectivity index (χ4n) is 4.03. The first-order valence-corrected chi connectivity index (χ1v) is 11.2. The van der Waals surface area contributed by atoms with Crippen LogP contribution in [0.4, 0.5) is 5.69 Å². The number of halogens is 1. The maximum Gasteiger partial charge on any atom is 0.305 e. The van der Waals surface area contributed by atoms with Crippen LogP contribution in [0.15, 0.2) is 58.4 Å². The normalized spacial score (nSPS) is 22.7. The number of fused-ring (bicyclic) bond motifs is 2. The second kappa shape index (κ2) is 7.30. The Hall–Kier alpha value is -2.55. The van der Waals surface area contributed by atoms with Crippen LogP contribution in [0.25, 0.3) is 0 Å². The Balaban J connectivity index is 1.63. The number of nitrogens with zero attached hydrogens (tertiary/aromatic N) is 1. The fraction of sp³-hybridized carbons (Fsp3) is 0.190. The molecule has 0 radical (unpaired) electrons. The Morgan fingerprint density at radius 2 is 1.70 bits per heavy atom. The molecule has 3 aromatic rings. The van der Waals surface area contributed by atoms with Crippen LogP contribution in [0.3, 0.4) is 0 Å². The number of carbonyl (C=O) groups is 2. The van der Waals surface area contributed by atoms with Crippen molar-refractivity contribution < 1.29 is 14.3 Å². The van der Waals surface area contributed by atoms with Gasteiger partial charge >= 0.3 is 4.87 Å². The van der Waals surface area contributed by atoms with Crippen molar-refractivity contribution in [3.05, 3.63) is 73.7 Å². The monoisotopic (exact) mass is 458 g/mol. The summed E-state index contributed by atoms with van der Waals surface area (Å²) in [6, 6.07) is 14.0. The molecule has 152 valence electrons. The average Bonchev–Trinajstić information content (AvgIpc) is 3.24. The summed E-state index contributed by atoms with van der Waals surface area (Å²) in [6.45, 7) is 0. The quantitative estimate of drug-likeness (QED) is 0.602. The number of nitrogens with one attached hydrogen (secondary N) is 1. The maximum absolute atomic E-state index is 13.5. The number of benzene rings is 2. The van der Waals surface area contributed by atoms with Gasteiger partial charge in [-0.2, -0.15) is 0 Å². The minimum Gasteiger partial charge on any atom is -0.497 e. The Labute approximate surface area is 184 Å². The number of aromatic amines is 1. The molecule has 0 unspecified atom stereocenters. The molecular formula is C21H15ClN2O4S2. The largest absolute Gasteiger partial charge is 0.497 e. The third-order valence-corrected chi connectivity index (χ3v) is 8.04. The minimum absolute atomic E-state index is 0.194. The van der Waals surface area contributed by atoms with Gasteiger partial charge in [-0.05, 0) is 42.0 Å². The van der Waals surface area contributed by atoms with Crippen LogP contribution in [-0.4, -0.2) is 29.2 Å². The van der Waals surface area contributed by atoms with Gasteiger partial charge in [0.1, 0.15) is 11.0 Å². The van der Waals surface area contributed by atoms with E-state index in [1.165, 1.54) is 16.7 Å². The lowest BCUT2D eigenvalue weighted by atomic mass is 9.83. The third-order valence-electron chi connectivity index (χ3n) is 5.38. The van der Waals surface area contributed by atoms with E-state index < -0.39 is 17.1 Å². The van der Waals surface area contributed by atoms with Gasteiger partial charge in [-0.15, -0.1) is 0 Å². The molecule has 3 heterocycles. The van der Waals surface area contributed by atoms with Crippen molar-refractivity contribution in [2.24, 2.45) is 5.92 Å². The topological polar surface area (TPSA) is 79.5 Å². The highest BCUT2D eigenvalue weighted by Gasteiger charge is 2.56. The Bertz CT molecular complexity index is 1200. The molecule has 9 heteroatoms. The number of imide groups is 1. The molecule has 6 nitrogen and oxygen atoms in total. The zero-order chi connectivity index (χ0) is 21.0. The summed E-state index contributed by atoms with van der Waals surface area (Å²) in [5.41, 5.74) is 1.36. The van der Waals surface area contributed by atoms with Crippen molar-refractivity contribution in [1.82, 2.24) is 4.98 Å². The van der Waals surface area contributed by atoms with E-state index in [2.05, 4.69) is 4.98 Å². The summed E-state index contributed by atoms with van der Waals surface area (Å²) in [5.74, 6) is -0.861. The SMILES string of the molecule is COc1ccc([C@H]2c3sc(=O)[nH]c3S[C@H]3C(=O)N(c4ccc(Cl)cc4)C(=O)[C@H]23)cc1. The molecule has 0 aliphatic carbocycles. The van der Waals surface area contributed by atoms with Gasteiger partial charge in [0.15, 0.2) is 0 Å². The van der Waals surface area contributed by atoms with E-state index in [1.807, 2.05) is 24.3 Å². The van der Waals surface area contributed by atoms with Gasteiger partial charge in [-0.3, -0.25) is 14.4 Å². The van der Waals surface area contributed by atoms with Gasteiger partial charge in [0.2, 0.25) is 11.8 Å². The predicted octanol–water partition coefficient (Wildman–Crippen LogP) is 3.89. The summed E-state index contributed by atoms with van der Waals surface area (Å²) >= 11 is 8.32.